The van der Waals surface area contributed by atoms with E-state index < -0.39 is 0 Å². The molecule has 92 valence electrons. The molecule has 2 atom stereocenters. The fourth-order valence-electron chi connectivity index (χ4n) is 1.77. The molecule has 0 saturated carbocycles. The summed E-state index contributed by atoms with van der Waals surface area (Å²) in [5.74, 6) is 0.750. The molecular formula is C12H28N2O. The molecule has 0 heterocycles. The van der Waals surface area contributed by atoms with E-state index in [1.807, 2.05) is 7.05 Å². The summed E-state index contributed by atoms with van der Waals surface area (Å²) in [6, 6.07) is 0.861. The molecule has 0 rings (SSSR count). The largest absolute Gasteiger partial charge is 0.395 e. The van der Waals surface area contributed by atoms with Crippen molar-refractivity contribution < 1.29 is 5.11 Å². The van der Waals surface area contributed by atoms with Crippen LogP contribution >= 0.6 is 0 Å². The SMILES string of the molecule is CNC(CO)CCN(C)C(C)CC(C)C. The van der Waals surface area contributed by atoms with Crippen molar-refractivity contribution in [3.8, 4) is 0 Å². The van der Waals surface area contributed by atoms with Gasteiger partial charge < -0.3 is 15.3 Å². The maximum Gasteiger partial charge on any atom is 0.0585 e. The van der Waals surface area contributed by atoms with E-state index in [9.17, 15) is 0 Å². The first-order chi connectivity index (χ1) is 7.01. The Labute approximate surface area is 94.9 Å². The lowest BCUT2D eigenvalue weighted by Gasteiger charge is -2.27. The third-order valence-corrected chi connectivity index (χ3v) is 3.02. The Morgan fingerprint density at radius 3 is 2.27 bits per heavy atom. The molecular weight excluding hydrogens is 188 g/mol. The zero-order valence-corrected chi connectivity index (χ0v) is 11.0. The Balaban J connectivity index is 3.76. The molecule has 0 aliphatic rings. The lowest BCUT2D eigenvalue weighted by Crippen LogP contribution is -2.37. The maximum atomic E-state index is 9.04. The van der Waals surface area contributed by atoms with Gasteiger partial charge in [0.2, 0.25) is 0 Å². The van der Waals surface area contributed by atoms with Crippen LogP contribution < -0.4 is 5.32 Å². The number of hydrogen-bond donors (Lipinski definition) is 2. The van der Waals surface area contributed by atoms with E-state index in [1.54, 1.807) is 0 Å². The predicted octanol–water partition coefficient (Wildman–Crippen LogP) is 1.32. The molecule has 15 heavy (non-hydrogen) atoms. The van der Waals surface area contributed by atoms with Crippen molar-refractivity contribution in [2.24, 2.45) is 5.92 Å². The van der Waals surface area contributed by atoms with Gasteiger partial charge in [0.25, 0.3) is 0 Å². The highest BCUT2D eigenvalue weighted by Crippen LogP contribution is 2.10. The van der Waals surface area contributed by atoms with Gasteiger partial charge in [0.15, 0.2) is 0 Å². The summed E-state index contributed by atoms with van der Waals surface area (Å²) in [6.07, 6.45) is 2.24. The van der Waals surface area contributed by atoms with Gasteiger partial charge in [0.05, 0.1) is 6.61 Å². The van der Waals surface area contributed by atoms with Gasteiger partial charge in [-0.2, -0.15) is 0 Å². The van der Waals surface area contributed by atoms with Crippen LogP contribution in [0.3, 0.4) is 0 Å². The number of nitrogens with zero attached hydrogens (tertiary/aromatic N) is 1. The van der Waals surface area contributed by atoms with Crippen LogP contribution in [0.25, 0.3) is 0 Å². The maximum absolute atomic E-state index is 9.04. The van der Waals surface area contributed by atoms with E-state index in [0.29, 0.717) is 6.04 Å². The van der Waals surface area contributed by atoms with Crippen molar-refractivity contribution in [3.63, 3.8) is 0 Å². The average molecular weight is 216 g/mol. The molecule has 0 bridgehead atoms. The fraction of sp³-hybridized carbons (Fsp3) is 1.00. The molecule has 0 spiro atoms. The number of aliphatic hydroxyl groups excluding tert-OH is 1. The van der Waals surface area contributed by atoms with Crippen molar-refractivity contribution in [1.82, 2.24) is 10.2 Å². The van der Waals surface area contributed by atoms with Crippen LogP contribution in [-0.2, 0) is 0 Å². The highest BCUT2D eigenvalue weighted by Gasteiger charge is 2.12. The summed E-state index contributed by atoms with van der Waals surface area (Å²) in [5.41, 5.74) is 0. The van der Waals surface area contributed by atoms with Crippen molar-refractivity contribution in [2.75, 3.05) is 27.2 Å². The topological polar surface area (TPSA) is 35.5 Å². The van der Waals surface area contributed by atoms with Crippen molar-refractivity contribution in [2.45, 2.75) is 45.7 Å². The lowest BCUT2D eigenvalue weighted by atomic mass is 10.0. The van der Waals surface area contributed by atoms with E-state index in [1.165, 1.54) is 6.42 Å². The van der Waals surface area contributed by atoms with Crippen LogP contribution in [0, 0.1) is 5.92 Å². The zero-order valence-electron chi connectivity index (χ0n) is 11.0. The Morgan fingerprint density at radius 1 is 1.27 bits per heavy atom. The molecule has 2 unspecified atom stereocenters. The zero-order chi connectivity index (χ0) is 11.8. The summed E-state index contributed by atoms with van der Waals surface area (Å²) < 4.78 is 0. The predicted molar refractivity (Wildman–Crippen MR) is 66.1 cm³/mol. The van der Waals surface area contributed by atoms with E-state index in [2.05, 4.69) is 38.0 Å². The molecule has 3 nitrogen and oxygen atoms in total. The van der Waals surface area contributed by atoms with Gasteiger partial charge in [0, 0.05) is 12.1 Å². The highest BCUT2D eigenvalue weighted by atomic mass is 16.3. The molecule has 0 aromatic rings. The Morgan fingerprint density at radius 2 is 1.87 bits per heavy atom. The van der Waals surface area contributed by atoms with E-state index in [-0.39, 0.29) is 12.6 Å². The van der Waals surface area contributed by atoms with Crippen LogP contribution in [-0.4, -0.2) is 49.3 Å². The minimum absolute atomic E-state index is 0.225. The van der Waals surface area contributed by atoms with Gasteiger partial charge >= 0.3 is 0 Å². The second-order valence-corrected chi connectivity index (χ2v) is 4.92. The molecule has 3 heteroatoms. The van der Waals surface area contributed by atoms with Crippen molar-refractivity contribution >= 4 is 0 Å². The van der Waals surface area contributed by atoms with Crippen molar-refractivity contribution in [1.29, 1.82) is 0 Å². The van der Waals surface area contributed by atoms with Gasteiger partial charge in [-0.1, -0.05) is 13.8 Å². The molecule has 0 radical (unpaired) electrons. The van der Waals surface area contributed by atoms with E-state index >= 15 is 0 Å². The average Bonchev–Trinajstić information content (AvgIpc) is 2.18. The van der Waals surface area contributed by atoms with Gasteiger partial charge in [-0.3, -0.25) is 0 Å². The highest BCUT2D eigenvalue weighted by molar-refractivity contribution is 4.69. The molecule has 0 aliphatic carbocycles. The first-order valence-electron chi connectivity index (χ1n) is 5.99. The van der Waals surface area contributed by atoms with Crippen LogP contribution in [0.1, 0.15) is 33.6 Å². The van der Waals surface area contributed by atoms with Crippen LogP contribution in [0.2, 0.25) is 0 Å². The van der Waals surface area contributed by atoms with Crippen molar-refractivity contribution in [3.05, 3.63) is 0 Å². The number of hydrogen-bond acceptors (Lipinski definition) is 3. The summed E-state index contributed by atoms with van der Waals surface area (Å²) in [5, 5.41) is 12.2. The summed E-state index contributed by atoms with van der Waals surface area (Å²) in [7, 11) is 4.07. The molecule has 0 aromatic heterocycles. The van der Waals surface area contributed by atoms with Crippen LogP contribution in [0.15, 0.2) is 0 Å². The van der Waals surface area contributed by atoms with E-state index in [4.69, 9.17) is 5.11 Å². The smallest absolute Gasteiger partial charge is 0.0585 e. The Hall–Kier alpha value is -0.120. The first-order valence-corrected chi connectivity index (χ1v) is 5.99. The summed E-state index contributed by atoms with van der Waals surface area (Å²) >= 11 is 0. The van der Waals surface area contributed by atoms with Crippen LogP contribution in [0.4, 0.5) is 0 Å². The Bertz CT molecular complexity index is 147. The molecule has 0 fully saturated rings. The minimum Gasteiger partial charge on any atom is -0.395 e. The third-order valence-electron chi connectivity index (χ3n) is 3.02. The normalized spacial score (nSPS) is 16.0. The number of nitrogens with one attached hydrogen (secondary N) is 1. The number of likely N-dealkylation sites (N-methyl/N-ethyl adjacent to an activating group) is 1. The van der Waals surface area contributed by atoms with Gasteiger partial charge in [-0.15, -0.1) is 0 Å². The molecule has 0 aliphatic heterocycles. The van der Waals surface area contributed by atoms with E-state index in [0.717, 1.165) is 18.9 Å². The van der Waals surface area contributed by atoms with Gasteiger partial charge in [0.1, 0.15) is 0 Å². The Kier molecular flexibility index (Phi) is 8.02. The fourth-order valence-corrected chi connectivity index (χ4v) is 1.77. The molecule has 0 saturated heterocycles. The third kappa shape index (κ3) is 6.88. The minimum atomic E-state index is 0.225. The molecule has 0 aromatic carbocycles. The lowest BCUT2D eigenvalue weighted by molar-refractivity contribution is 0.192. The van der Waals surface area contributed by atoms with Gasteiger partial charge in [-0.25, -0.2) is 0 Å². The number of aliphatic hydroxyl groups is 1. The first kappa shape index (κ1) is 14.9. The second kappa shape index (κ2) is 8.08. The quantitative estimate of drug-likeness (QED) is 0.642. The summed E-state index contributed by atoms with van der Waals surface area (Å²) in [4.78, 5) is 2.38. The summed E-state index contributed by atoms with van der Waals surface area (Å²) in [6.45, 7) is 8.05. The standard InChI is InChI=1S/C12H28N2O/c1-10(2)8-11(3)14(5)7-6-12(9-15)13-4/h10-13,15H,6-9H2,1-5H3. The molecule has 2 N–H and O–H groups in total. The van der Waals surface area contributed by atoms with Crippen LogP contribution in [0.5, 0.6) is 0 Å². The second-order valence-electron chi connectivity index (χ2n) is 4.92. The van der Waals surface area contributed by atoms with Gasteiger partial charge in [-0.05, 0) is 46.3 Å². The number of rotatable bonds is 8. The molecule has 0 amide bonds. The monoisotopic (exact) mass is 216 g/mol.